The molecule has 0 aliphatic rings. The average Bonchev–Trinajstić information content (AvgIpc) is 2.31. The van der Waals surface area contributed by atoms with Gasteiger partial charge in [0.1, 0.15) is 12.1 Å². The minimum absolute atomic E-state index is 0.120. The zero-order chi connectivity index (χ0) is 15.7. The van der Waals surface area contributed by atoms with E-state index in [2.05, 4.69) is 5.32 Å². The van der Waals surface area contributed by atoms with Crippen molar-refractivity contribution in [2.45, 2.75) is 25.9 Å². The first kappa shape index (κ1) is 18.8. The summed E-state index contributed by atoms with van der Waals surface area (Å²) in [6, 6.07) is -2.02. The molecule has 0 aromatic heterocycles. The summed E-state index contributed by atoms with van der Waals surface area (Å²) in [5.41, 5.74) is 6.07. The van der Waals surface area contributed by atoms with Gasteiger partial charge in [-0.3, -0.25) is 9.59 Å². The van der Waals surface area contributed by atoms with Crippen LogP contribution < -0.4 is 11.1 Å². The van der Waals surface area contributed by atoms with E-state index in [0.717, 1.165) is 27.2 Å². The number of nitrogens with one attached hydrogen (secondary N) is 1. The largest absolute Gasteiger partial charge is 0.480 e. The number of carbonyl (C=O) groups excluding carboxylic acids is 1. The Bertz CT molecular complexity index is 396. The van der Waals surface area contributed by atoms with Crippen molar-refractivity contribution >= 4 is 39.4 Å². The first-order valence-electron chi connectivity index (χ1n) is 5.65. The SMILES string of the molecule is CC(C)=CC(=O)NC(CSSCC(N)C(=O)O)C(=O)O. The maximum absolute atomic E-state index is 11.4. The van der Waals surface area contributed by atoms with Crippen molar-refractivity contribution in [2.75, 3.05) is 11.5 Å². The highest BCUT2D eigenvalue weighted by Crippen LogP contribution is 2.22. The predicted molar refractivity (Wildman–Crippen MR) is 79.5 cm³/mol. The van der Waals surface area contributed by atoms with E-state index in [0.29, 0.717) is 0 Å². The van der Waals surface area contributed by atoms with Crippen LogP contribution >= 0.6 is 21.6 Å². The smallest absolute Gasteiger partial charge is 0.327 e. The molecule has 0 heterocycles. The fourth-order valence-electron chi connectivity index (χ4n) is 0.959. The van der Waals surface area contributed by atoms with E-state index < -0.39 is 29.9 Å². The van der Waals surface area contributed by atoms with Crippen LogP contribution in [0, 0.1) is 0 Å². The molecule has 0 aliphatic carbocycles. The molecule has 7 nitrogen and oxygen atoms in total. The summed E-state index contributed by atoms with van der Waals surface area (Å²) >= 11 is 0. The van der Waals surface area contributed by atoms with Crippen LogP contribution in [0.2, 0.25) is 0 Å². The van der Waals surface area contributed by atoms with E-state index in [1.807, 2.05) is 0 Å². The molecule has 0 bridgehead atoms. The van der Waals surface area contributed by atoms with Crippen LogP contribution in [-0.2, 0) is 14.4 Å². The lowest BCUT2D eigenvalue weighted by Gasteiger charge is -2.13. The maximum Gasteiger partial charge on any atom is 0.327 e. The maximum atomic E-state index is 11.4. The number of hydrogen-bond donors (Lipinski definition) is 4. The minimum Gasteiger partial charge on any atom is -0.480 e. The third kappa shape index (κ3) is 8.83. The van der Waals surface area contributed by atoms with Crippen LogP contribution in [0.1, 0.15) is 13.8 Å². The lowest BCUT2D eigenvalue weighted by atomic mass is 10.3. The number of amides is 1. The molecule has 1 amide bonds. The van der Waals surface area contributed by atoms with E-state index in [1.54, 1.807) is 13.8 Å². The molecule has 0 fully saturated rings. The molecule has 0 aromatic rings. The van der Waals surface area contributed by atoms with Crippen LogP contribution in [0.15, 0.2) is 11.6 Å². The van der Waals surface area contributed by atoms with Crippen molar-refractivity contribution in [1.82, 2.24) is 5.32 Å². The van der Waals surface area contributed by atoms with Crippen molar-refractivity contribution in [3.63, 3.8) is 0 Å². The molecule has 20 heavy (non-hydrogen) atoms. The van der Waals surface area contributed by atoms with Gasteiger partial charge in [-0.15, -0.1) is 0 Å². The average molecular weight is 322 g/mol. The molecule has 0 radical (unpaired) electrons. The van der Waals surface area contributed by atoms with Gasteiger partial charge in [0.15, 0.2) is 0 Å². The van der Waals surface area contributed by atoms with Gasteiger partial charge < -0.3 is 21.3 Å². The molecular formula is C11H18N2O5S2. The molecule has 2 atom stereocenters. The summed E-state index contributed by atoms with van der Waals surface area (Å²) in [5, 5.41) is 19.9. The molecule has 0 saturated carbocycles. The fourth-order valence-corrected chi connectivity index (χ4v) is 3.23. The Balaban J connectivity index is 4.17. The fraction of sp³-hybridized carbons (Fsp3) is 0.545. The van der Waals surface area contributed by atoms with Gasteiger partial charge in [-0.25, -0.2) is 4.79 Å². The minimum atomic E-state index is -1.14. The number of nitrogens with two attached hydrogens (primary N) is 1. The van der Waals surface area contributed by atoms with Gasteiger partial charge in [0.2, 0.25) is 5.91 Å². The van der Waals surface area contributed by atoms with Gasteiger partial charge in [0, 0.05) is 17.6 Å². The molecule has 5 N–H and O–H groups in total. The summed E-state index contributed by atoms with van der Waals surface area (Å²) in [7, 11) is 2.31. The first-order chi connectivity index (χ1) is 9.23. The molecule has 9 heteroatoms. The van der Waals surface area contributed by atoms with Crippen molar-refractivity contribution < 1.29 is 24.6 Å². The zero-order valence-electron chi connectivity index (χ0n) is 11.2. The Labute approximate surface area is 124 Å². The van der Waals surface area contributed by atoms with Gasteiger partial charge in [0.05, 0.1) is 0 Å². The van der Waals surface area contributed by atoms with E-state index in [9.17, 15) is 14.4 Å². The monoisotopic (exact) mass is 322 g/mol. The summed E-state index contributed by atoms with van der Waals surface area (Å²) < 4.78 is 0. The Hall–Kier alpha value is -1.19. The highest BCUT2D eigenvalue weighted by Gasteiger charge is 2.20. The van der Waals surface area contributed by atoms with Crippen molar-refractivity contribution in [2.24, 2.45) is 5.73 Å². The molecule has 0 rings (SSSR count). The van der Waals surface area contributed by atoms with Crippen LogP contribution in [0.3, 0.4) is 0 Å². The van der Waals surface area contributed by atoms with Gasteiger partial charge in [0.25, 0.3) is 0 Å². The Kier molecular flexibility index (Phi) is 9.10. The van der Waals surface area contributed by atoms with Crippen molar-refractivity contribution in [1.29, 1.82) is 0 Å². The standard InChI is InChI=1S/C11H18N2O5S2/c1-6(2)3-9(14)13-8(11(17)18)5-20-19-4-7(12)10(15)16/h3,7-8H,4-5,12H2,1-2H3,(H,13,14)(H,15,16)(H,17,18). The van der Waals surface area contributed by atoms with Crippen LogP contribution in [-0.4, -0.2) is 51.6 Å². The molecule has 0 saturated heterocycles. The van der Waals surface area contributed by atoms with Gasteiger partial charge in [-0.1, -0.05) is 27.2 Å². The number of rotatable bonds is 9. The normalized spacial score (nSPS) is 13.2. The molecule has 0 spiro atoms. The number of hydrogen-bond acceptors (Lipinski definition) is 6. The summed E-state index contributed by atoms with van der Waals surface area (Å²) in [6.07, 6.45) is 1.31. The number of carboxylic acids is 2. The Morgan fingerprint density at radius 1 is 1.15 bits per heavy atom. The zero-order valence-corrected chi connectivity index (χ0v) is 12.8. The van der Waals surface area contributed by atoms with Gasteiger partial charge in [-0.2, -0.15) is 0 Å². The topological polar surface area (TPSA) is 130 Å². The molecular weight excluding hydrogens is 304 g/mol. The lowest BCUT2D eigenvalue weighted by molar-refractivity contribution is -0.140. The summed E-state index contributed by atoms with van der Waals surface area (Å²) in [4.78, 5) is 32.9. The Morgan fingerprint density at radius 2 is 1.70 bits per heavy atom. The highest BCUT2D eigenvalue weighted by molar-refractivity contribution is 8.76. The Morgan fingerprint density at radius 3 is 2.15 bits per heavy atom. The first-order valence-corrected chi connectivity index (χ1v) is 8.13. The molecule has 114 valence electrons. The lowest BCUT2D eigenvalue weighted by Crippen LogP contribution is -2.41. The number of aliphatic carboxylic acids is 2. The van der Waals surface area contributed by atoms with E-state index in [4.69, 9.17) is 15.9 Å². The predicted octanol–water partition coefficient (Wildman–Crippen LogP) is 0.315. The van der Waals surface area contributed by atoms with E-state index >= 15 is 0 Å². The molecule has 0 aromatic carbocycles. The van der Waals surface area contributed by atoms with Crippen LogP contribution in [0.5, 0.6) is 0 Å². The highest BCUT2D eigenvalue weighted by atomic mass is 33.1. The molecule has 2 unspecified atom stereocenters. The van der Waals surface area contributed by atoms with Crippen molar-refractivity contribution in [3.8, 4) is 0 Å². The second-order valence-corrected chi connectivity index (χ2v) is 6.69. The quantitative estimate of drug-likeness (QED) is 0.271. The third-order valence-corrected chi connectivity index (χ3v) is 4.36. The van der Waals surface area contributed by atoms with E-state index in [-0.39, 0.29) is 11.5 Å². The van der Waals surface area contributed by atoms with Crippen LogP contribution in [0.25, 0.3) is 0 Å². The number of carboxylic acid groups (broad SMARTS) is 2. The molecule has 0 aliphatic heterocycles. The van der Waals surface area contributed by atoms with E-state index in [1.165, 1.54) is 6.08 Å². The second-order valence-electron chi connectivity index (χ2n) is 4.13. The number of carbonyl (C=O) groups is 3. The summed E-state index contributed by atoms with van der Waals surface area (Å²) in [6.45, 7) is 3.46. The van der Waals surface area contributed by atoms with Crippen molar-refractivity contribution in [3.05, 3.63) is 11.6 Å². The van der Waals surface area contributed by atoms with Gasteiger partial charge in [-0.05, 0) is 13.8 Å². The van der Waals surface area contributed by atoms with Gasteiger partial charge >= 0.3 is 11.9 Å². The second kappa shape index (κ2) is 9.67. The third-order valence-electron chi connectivity index (χ3n) is 1.92. The summed E-state index contributed by atoms with van der Waals surface area (Å²) in [5.74, 6) is -2.44. The van der Waals surface area contributed by atoms with Crippen LogP contribution in [0.4, 0.5) is 0 Å². The number of allylic oxidation sites excluding steroid dienone is 1.